The van der Waals surface area contributed by atoms with Crippen molar-refractivity contribution in [1.82, 2.24) is 8.61 Å². The van der Waals surface area contributed by atoms with Crippen LogP contribution in [0, 0.1) is 0 Å². The Bertz CT molecular complexity index is 1250. The molecule has 2 aliphatic heterocycles. The van der Waals surface area contributed by atoms with Crippen molar-refractivity contribution in [3.05, 3.63) is 65.2 Å². The molecule has 1 saturated heterocycles. The number of amides is 1. The Labute approximate surface area is 180 Å². The summed E-state index contributed by atoms with van der Waals surface area (Å²) in [7, 11) is -8.45. The fraction of sp³-hybridized carbons (Fsp3) is 0.300. The highest BCUT2D eigenvalue weighted by Gasteiger charge is 2.53. The Morgan fingerprint density at radius 3 is 2.39 bits per heavy atom. The molecule has 0 aromatic heterocycles. The molecule has 11 heteroatoms. The van der Waals surface area contributed by atoms with E-state index in [2.05, 4.69) is 0 Å². The molecule has 0 saturated carbocycles. The number of benzene rings is 2. The molecule has 1 amide bonds. The second-order valence-corrected chi connectivity index (χ2v) is 11.0. The molecule has 9 nitrogen and oxygen atoms in total. The minimum Gasteiger partial charge on any atom is -0.462 e. The first-order valence-electron chi connectivity index (χ1n) is 9.55. The van der Waals surface area contributed by atoms with E-state index in [0.717, 1.165) is 15.4 Å². The van der Waals surface area contributed by atoms with E-state index in [-0.39, 0.29) is 30.0 Å². The number of sulfone groups is 1. The third-order valence-corrected chi connectivity index (χ3v) is 8.92. The van der Waals surface area contributed by atoms with Gasteiger partial charge < -0.3 is 4.74 Å². The molecule has 164 valence electrons. The topological polar surface area (TPSA) is 118 Å². The van der Waals surface area contributed by atoms with Crippen LogP contribution in [-0.4, -0.2) is 55.8 Å². The lowest BCUT2D eigenvalue weighted by Gasteiger charge is -2.27. The summed E-state index contributed by atoms with van der Waals surface area (Å²) >= 11 is 0. The van der Waals surface area contributed by atoms with Gasteiger partial charge in [-0.1, -0.05) is 24.3 Å². The summed E-state index contributed by atoms with van der Waals surface area (Å²) < 4.78 is 58.0. The van der Waals surface area contributed by atoms with Crippen LogP contribution in [0.15, 0.2) is 53.4 Å². The quantitative estimate of drug-likeness (QED) is 0.608. The molecule has 2 heterocycles. The Morgan fingerprint density at radius 1 is 1.10 bits per heavy atom. The van der Waals surface area contributed by atoms with Crippen LogP contribution < -0.4 is 0 Å². The summed E-state index contributed by atoms with van der Waals surface area (Å²) in [6.45, 7) is 1.84. The molecule has 0 aliphatic carbocycles. The number of carbonyl (C=O) groups is 2. The Kier molecular flexibility index (Phi) is 5.36. The van der Waals surface area contributed by atoms with Gasteiger partial charge in [0.2, 0.25) is 0 Å². The number of hydrogen-bond acceptors (Lipinski definition) is 7. The lowest BCUT2D eigenvalue weighted by molar-refractivity contribution is -0.127. The minimum atomic E-state index is -4.29. The van der Waals surface area contributed by atoms with Crippen LogP contribution in [0.25, 0.3) is 0 Å². The number of nitrogens with zero attached hydrogens (tertiary/aromatic N) is 2. The van der Waals surface area contributed by atoms with Gasteiger partial charge in [-0.05, 0) is 48.7 Å². The zero-order valence-electron chi connectivity index (χ0n) is 16.6. The standard InChI is InChI=1S/C20H20N2O7S2/c1-2-29-20(24)14-7-9-17(10-8-14)30(25,26)13-22-19(23)18-11-15-5-3-4-6-16(15)12-21(18)31(22,27)28/h3-10,18H,2,11-13H2,1H3. The number of fused-ring (bicyclic) bond motifs is 2. The Hall–Kier alpha value is -2.76. The fourth-order valence-corrected chi connectivity index (χ4v) is 7.21. The fourth-order valence-electron chi connectivity index (χ4n) is 3.73. The van der Waals surface area contributed by atoms with E-state index in [1.165, 1.54) is 24.3 Å². The average Bonchev–Trinajstić information content (AvgIpc) is 2.92. The van der Waals surface area contributed by atoms with Crippen LogP contribution in [0.2, 0.25) is 0 Å². The first kappa shape index (κ1) is 21.5. The van der Waals surface area contributed by atoms with E-state index in [1.54, 1.807) is 19.1 Å². The van der Waals surface area contributed by atoms with Gasteiger partial charge >= 0.3 is 16.2 Å². The largest absolute Gasteiger partial charge is 0.462 e. The van der Waals surface area contributed by atoms with E-state index >= 15 is 0 Å². The monoisotopic (exact) mass is 464 g/mol. The highest BCUT2D eigenvalue weighted by atomic mass is 32.2. The number of esters is 1. The number of rotatable bonds is 5. The van der Waals surface area contributed by atoms with Crippen LogP contribution in [0.1, 0.15) is 28.4 Å². The van der Waals surface area contributed by atoms with Gasteiger partial charge in [0, 0.05) is 6.54 Å². The molecule has 4 rings (SSSR count). The molecular formula is C20H20N2O7S2. The second-order valence-electron chi connectivity index (χ2n) is 7.22. The van der Waals surface area contributed by atoms with Crippen molar-refractivity contribution in [3.8, 4) is 0 Å². The van der Waals surface area contributed by atoms with Crippen LogP contribution in [0.4, 0.5) is 0 Å². The van der Waals surface area contributed by atoms with Crippen LogP contribution >= 0.6 is 0 Å². The van der Waals surface area contributed by atoms with Crippen molar-refractivity contribution in [2.24, 2.45) is 0 Å². The average molecular weight is 465 g/mol. The molecule has 1 fully saturated rings. The Morgan fingerprint density at radius 2 is 1.74 bits per heavy atom. The van der Waals surface area contributed by atoms with Crippen molar-refractivity contribution in [2.75, 3.05) is 12.5 Å². The van der Waals surface area contributed by atoms with Crippen molar-refractivity contribution >= 4 is 31.9 Å². The van der Waals surface area contributed by atoms with Crippen molar-refractivity contribution in [2.45, 2.75) is 30.8 Å². The molecule has 0 bridgehead atoms. The minimum absolute atomic E-state index is 0.0136. The maximum absolute atomic E-state index is 13.0. The second kappa shape index (κ2) is 7.74. The maximum Gasteiger partial charge on any atom is 0.338 e. The third-order valence-electron chi connectivity index (χ3n) is 5.32. The molecule has 0 N–H and O–H groups in total. The van der Waals surface area contributed by atoms with E-state index in [4.69, 9.17) is 4.74 Å². The molecule has 31 heavy (non-hydrogen) atoms. The van der Waals surface area contributed by atoms with Crippen LogP contribution in [0.3, 0.4) is 0 Å². The van der Waals surface area contributed by atoms with Crippen molar-refractivity contribution < 1.29 is 31.2 Å². The molecule has 1 unspecified atom stereocenters. The number of carbonyl (C=O) groups excluding carboxylic acids is 2. The predicted molar refractivity (Wildman–Crippen MR) is 110 cm³/mol. The summed E-state index contributed by atoms with van der Waals surface area (Å²) in [4.78, 5) is 24.4. The van der Waals surface area contributed by atoms with Crippen LogP contribution in [-0.2, 0) is 42.5 Å². The van der Waals surface area contributed by atoms with Gasteiger partial charge in [-0.3, -0.25) is 4.79 Å². The highest BCUT2D eigenvalue weighted by molar-refractivity contribution is 7.93. The zero-order valence-corrected chi connectivity index (χ0v) is 18.2. The summed E-state index contributed by atoms with van der Waals surface area (Å²) in [5.41, 5.74) is 1.82. The summed E-state index contributed by atoms with van der Waals surface area (Å²) in [5.74, 6) is -2.36. The number of ether oxygens (including phenoxy) is 1. The molecule has 2 aromatic carbocycles. The van der Waals surface area contributed by atoms with Gasteiger partial charge in [0.05, 0.1) is 17.1 Å². The van der Waals surface area contributed by atoms with Crippen molar-refractivity contribution in [1.29, 1.82) is 0 Å². The van der Waals surface area contributed by atoms with Gasteiger partial charge in [-0.2, -0.15) is 12.7 Å². The molecular weight excluding hydrogens is 444 g/mol. The highest BCUT2D eigenvalue weighted by Crippen LogP contribution is 2.34. The molecule has 2 aliphatic rings. The number of hydrogen-bond donors (Lipinski definition) is 0. The first-order valence-corrected chi connectivity index (χ1v) is 12.6. The lowest BCUT2D eigenvalue weighted by Crippen LogP contribution is -2.40. The van der Waals surface area contributed by atoms with Gasteiger partial charge in [-0.15, -0.1) is 0 Å². The Balaban J connectivity index is 1.59. The molecule has 1 atom stereocenters. The molecule has 0 spiro atoms. The van der Waals surface area contributed by atoms with E-state index < -0.39 is 43.8 Å². The van der Waals surface area contributed by atoms with E-state index in [0.29, 0.717) is 4.31 Å². The zero-order chi connectivity index (χ0) is 22.4. The van der Waals surface area contributed by atoms with Gasteiger partial charge in [0.15, 0.2) is 9.84 Å². The molecule has 2 aromatic rings. The third kappa shape index (κ3) is 3.73. The van der Waals surface area contributed by atoms with E-state index in [1.807, 2.05) is 12.1 Å². The predicted octanol–water partition coefficient (Wildman–Crippen LogP) is 1.11. The smallest absolute Gasteiger partial charge is 0.338 e. The van der Waals surface area contributed by atoms with Gasteiger partial charge in [0.25, 0.3) is 5.91 Å². The van der Waals surface area contributed by atoms with Gasteiger partial charge in [-0.25, -0.2) is 17.5 Å². The SMILES string of the molecule is CCOC(=O)c1ccc(S(=O)(=O)CN2C(=O)C3Cc4ccccc4CN3S2(=O)=O)cc1. The first-order chi connectivity index (χ1) is 14.6. The summed E-state index contributed by atoms with van der Waals surface area (Å²) in [5, 5.41) is 0. The lowest BCUT2D eigenvalue weighted by atomic mass is 9.95. The van der Waals surface area contributed by atoms with Gasteiger partial charge in [0.1, 0.15) is 11.9 Å². The van der Waals surface area contributed by atoms with Crippen LogP contribution in [0.5, 0.6) is 0 Å². The van der Waals surface area contributed by atoms with E-state index in [9.17, 15) is 26.4 Å². The maximum atomic E-state index is 13.0. The van der Waals surface area contributed by atoms with Crippen molar-refractivity contribution in [3.63, 3.8) is 0 Å². The summed E-state index contributed by atoms with van der Waals surface area (Å²) in [6.07, 6.45) is 0.193. The molecule has 0 radical (unpaired) electrons. The normalized spacial score (nSPS) is 20.2. The summed E-state index contributed by atoms with van der Waals surface area (Å²) in [6, 6.07) is 11.2.